The summed E-state index contributed by atoms with van der Waals surface area (Å²) in [6, 6.07) is 11.6. The number of thiazole rings is 1. The van der Waals surface area contributed by atoms with Gasteiger partial charge in [0.2, 0.25) is 0 Å². The maximum atomic E-state index is 6.19. The molecule has 3 rings (SSSR count). The first-order chi connectivity index (χ1) is 9.83. The summed E-state index contributed by atoms with van der Waals surface area (Å²) in [6.45, 7) is 1.42. The zero-order chi connectivity index (χ0) is 13.8. The predicted molar refractivity (Wildman–Crippen MR) is 81.8 cm³/mol. The minimum atomic E-state index is 0.702. The Morgan fingerprint density at radius 3 is 2.85 bits per heavy atom. The van der Waals surface area contributed by atoms with Crippen molar-refractivity contribution in [2.45, 2.75) is 13.1 Å². The highest BCUT2D eigenvalue weighted by Gasteiger charge is 2.07. The fourth-order valence-corrected chi connectivity index (χ4v) is 3.10. The molecule has 0 atom stereocenters. The van der Waals surface area contributed by atoms with Gasteiger partial charge < -0.3 is 9.73 Å². The molecule has 0 saturated carbocycles. The van der Waals surface area contributed by atoms with Crippen molar-refractivity contribution in [1.29, 1.82) is 0 Å². The normalized spacial score (nSPS) is 10.8. The number of furan rings is 1. The Bertz CT molecular complexity index is 679. The van der Waals surface area contributed by atoms with E-state index >= 15 is 0 Å². The number of hydrogen-bond donors (Lipinski definition) is 1. The first-order valence-electron chi connectivity index (χ1n) is 6.25. The standard InChI is InChI=1S/C15H13ClN2OS/c16-13-6-2-1-5-12(13)14-9-18-15(20-14)10-17-8-11-4-3-7-19-11/h1-7,9,17H,8,10H2. The Kier molecular flexibility index (Phi) is 4.16. The molecule has 1 N–H and O–H groups in total. The molecule has 102 valence electrons. The largest absolute Gasteiger partial charge is 0.468 e. The van der Waals surface area contributed by atoms with Gasteiger partial charge in [-0.25, -0.2) is 4.98 Å². The SMILES string of the molecule is Clc1ccccc1-c1cnc(CNCc2ccco2)s1. The first-order valence-corrected chi connectivity index (χ1v) is 7.45. The minimum absolute atomic E-state index is 0.702. The number of hydrogen-bond acceptors (Lipinski definition) is 4. The van der Waals surface area contributed by atoms with Crippen molar-refractivity contribution in [3.05, 3.63) is 64.6 Å². The third kappa shape index (κ3) is 3.10. The number of aromatic nitrogens is 1. The van der Waals surface area contributed by atoms with E-state index in [0.29, 0.717) is 6.54 Å². The van der Waals surface area contributed by atoms with E-state index in [4.69, 9.17) is 16.0 Å². The molecule has 0 aliphatic rings. The molecular weight excluding hydrogens is 292 g/mol. The van der Waals surface area contributed by atoms with Crippen molar-refractivity contribution in [3.8, 4) is 10.4 Å². The number of nitrogens with one attached hydrogen (secondary N) is 1. The van der Waals surface area contributed by atoms with E-state index in [0.717, 1.165) is 32.8 Å². The molecule has 1 aromatic carbocycles. The van der Waals surface area contributed by atoms with E-state index in [1.54, 1.807) is 17.6 Å². The highest BCUT2D eigenvalue weighted by Crippen LogP contribution is 2.31. The highest BCUT2D eigenvalue weighted by atomic mass is 35.5. The molecule has 0 aliphatic carbocycles. The van der Waals surface area contributed by atoms with Crippen molar-refractivity contribution < 1.29 is 4.42 Å². The van der Waals surface area contributed by atoms with Gasteiger partial charge in [-0.15, -0.1) is 11.3 Å². The van der Waals surface area contributed by atoms with E-state index in [2.05, 4.69) is 10.3 Å². The number of rotatable bonds is 5. The van der Waals surface area contributed by atoms with E-state index in [1.807, 2.05) is 42.6 Å². The lowest BCUT2D eigenvalue weighted by molar-refractivity contribution is 0.483. The third-order valence-electron chi connectivity index (χ3n) is 2.85. The van der Waals surface area contributed by atoms with E-state index in [9.17, 15) is 0 Å². The van der Waals surface area contributed by atoms with Gasteiger partial charge in [0, 0.05) is 23.3 Å². The molecule has 3 aromatic rings. The topological polar surface area (TPSA) is 38.1 Å². The Labute approximate surface area is 126 Å². The molecule has 0 aliphatic heterocycles. The summed E-state index contributed by atoms with van der Waals surface area (Å²) in [7, 11) is 0. The Balaban J connectivity index is 1.64. The van der Waals surface area contributed by atoms with Gasteiger partial charge in [0.15, 0.2) is 0 Å². The zero-order valence-electron chi connectivity index (χ0n) is 10.7. The van der Waals surface area contributed by atoms with Crippen LogP contribution in [0, 0.1) is 0 Å². The molecule has 5 heteroatoms. The van der Waals surface area contributed by atoms with Crippen molar-refractivity contribution in [2.75, 3.05) is 0 Å². The molecule has 0 unspecified atom stereocenters. The molecule has 3 nitrogen and oxygen atoms in total. The fourth-order valence-electron chi connectivity index (χ4n) is 1.88. The number of benzene rings is 1. The molecule has 0 spiro atoms. The van der Waals surface area contributed by atoms with Crippen molar-refractivity contribution in [1.82, 2.24) is 10.3 Å². The van der Waals surface area contributed by atoms with Gasteiger partial charge in [-0.05, 0) is 18.2 Å². The molecule has 0 amide bonds. The van der Waals surface area contributed by atoms with Crippen LogP contribution in [0.3, 0.4) is 0 Å². The summed E-state index contributed by atoms with van der Waals surface area (Å²) in [5.41, 5.74) is 1.03. The van der Waals surface area contributed by atoms with Crippen LogP contribution >= 0.6 is 22.9 Å². The molecule has 0 bridgehead atoms. The quantitative estimate of drug-likeness (QED) is 0.761. The maximum Gasteiger partial charge on any atom is 0.117 e. The van der Waals surface area contributed by atoms with Crippen LogP contribution in [0.5, 0.6) is 0 Å². The summed E-state index contributed by atoms with van der Waals surface area (Å²) in [5, 5.41) is 5.09. The Morgan fingerprint density at radius 2 is 2.05 bits per heavy atom. The van der Waals surface area contributed by atoms with Crippen LogP contribution in [0.1, 0.15) is 10.8 Å². The maximum absolute atomic E-state index is 6.19. The lowest BCUT2D eigenvalue weighted by Gasteiger charge is -2.00. The van der Waals surface area contributed by atoms with E-state index in [1.165, 1.54) is 0 Å². The Morgan fingerprint density at radius 1 is 1.15 bits per heavy atom. The number of halogens is 1. The summed E-state index contributed by atoms with van der Waals surface area (Å²) in [4.78, 5) is 5.51. The molecule has 20 heavy (non-hydrogen) atoms. The van der Waals surface area contributed by atoms with Crippen LogP contribution in [0.2, 0.25) is 5.02 Å². The average Bonchev–Trinajstić information content (AvgIpc) is 3.11. The van der Waals surface area contributed by atoms with Crippen LogP contribution in [0.15, 0.2) is 53.3 Å². The smallest absolute Gasteiger partial charge is 0.117 e. The van der Waals surface area contributed by atoms with E-state index < -0.39 is 0 Å². The van der Waals surface area contributed by atoms with Gasteiger partial charge in [0.1, 0.15) is 10.8 Å². The summed E-state index contributed by atoms with van der Waals surface area (Å²) in [6.07, 6.45) is 3.55. The van der Waals surface area contributed by atoms with Gasteiger partial charge in [-0.3, -0.25) is 0 Å². The lowest BCUT2D eigenvalue weighted by Crippen LogP contribution is -2.11. The van der Waals surface area contributed by atoms with Crippen LogP contribution in [0.25, 0.3) is 10.4 Å². The third-order valence-corrected chi connectivity index (χ3v) is 4.21. The number of nitrogens with zero attached hydrogens (tertiary/aromatic N) is 1. The molecule has 0 fully saturated rings. The van der Waals surface area contributed by atoms with Crippen molar-refractivity contribution in [2.24, 2.45) is 0 Å². The summed E-state index contributed by atoms with van der Waals surface area (Å²) in [5.74, 6) is 0.924. The second-order valence-electron chi connectivity index (χ2n) is 4.28. The monoisotopic (exact) mass is 304 g/mol. The first kappa shape index (κ1) is 13.4. The van der Waals surface area contributed by atoms with Crippen LogP contribution in [0.4, 0.5) is 0 Å². The minimum Gasteiger partial charge on any atom is -0.468 e. The van der Waals surface area contributed by atoms with Gasteiger partial charge in [0.05, 0.1) is 17.7 Å². The molecule has 0 radical (unpaired) electrons. The molecule has 2 aromatic heterocycles. The molecular formula is C15H13ClN2OS. The van der Waals surface area contributed by atoms with Crippen molar-refractivity contribution in [3.63, 3.8) is 0 Å². The van der Waals surface area contributed by atoms with Gasteiger partial charge in [-0.1, -0.05) is 29.8 Å². The molecule has 0 saturated heterocycles. The fraction of sp³-hybridized carbons (Fsp3) is 0.133. The van der Waals surface area contributed by atoms with Crippen LogP contribution in [-0.4, -0.2) is 4.98 Å². The summed E-state index contributed by atoms with van der Waals surface area (Å²) >= 11 is 7.84. The zero-order valence-corrected chi connectivity index (χ0v) is 12.2. The van der Waals surface area contributed by atoms with Gasteiger partial charge >= 0.3 is 0 Å². The highest BCUT2D eigenvalue weighted by molar-refractivity contribution is 7.15. The van der Waals surface area contributed by atoms with Crippen LogP contribution < -0.4 is 5.32 Å². The Hall–Kier alpha value is -1.62. The molecule has 2 heterocycles. The van der Waals surface area contributed by atoms with E-state index in [-0.39, 0.29) is 0 Å². The lowest BCUT2D eigenvalue weighted by atomic mass is 10.2. The van der Waals surface area contributed by atoms with Crippen molar-refractivity contribution >= 4 is 22.9 Å². The van der Waals surface area contributed by atoms with Crippen LogP contribution in [-0.2, 0) is 13.1 Å². The van der Waals surface area contributed by atoms with Gasteiger partial charge in [-0.2, -0.15) is 0 Å². The summed E-state index contributed by atoms with van der Waals surface area (Å²) < 4.78 is 5.26. The second-order valence-corrected chi connectivity index (χ2v) is 5.80. The van der Waals surface area contributed by atoms with Gasteiger partial charge in [0.25, 0.3) is 0 Å². The second kappa shape index (κ2) is 6.22. The average molecular weight is 305 g/mol. The predicted octanol–water partition coefficient (Wildman–Crippen LogP) is 4.35.